The summed E-state index contributed by atoms with van der Waals surface area (Å²) in [5.74, 6) is 0. The summed E-state index contributed by atoms with van der Waals surface area (Å²) in [6, 6.07) is 77.3. The van der Waals surface area contributed by atoms with Gasteiger partial charge in [-0.1, -0.05) is 133 Å². The van der Waals surface area contributed by atoms with Crippen molar-refractivity contribution in [1.29, 1.82) is 0 Å². The number of benzene rings is 10. The third kappa shape index (κ3) is 5.57. The SMILES string of the molecule is Cc1cc(C)cc(N(c2ccccc2)c2ccc3c4c(ccc3c2)-c2ccc3cc(N(c5ccccc5)c5ccc(C)c(C)c5)ccc3c2C42c3ccccc3-c3ccccc32)c1. The third-order valence-corrected chi connectivity index (χ3v) is 13.8. The Bertz CT molecular complexity index is 3390. The van der Waals surface area contributed by atoms with Crippen molar-refractivity contribution in [3.8, 4) is 22.3 Å². The highest BCUT2D eigenvalue weighted by atomic mass is 15.1. The number of fused-ring (bicyclic) bond motifs is 14. The summed E-state index contributed by atoms with van der Waals surface area (Å²) in [5, 5.41) is 5.01. The van der Waals surface area contributed by atoms with Gasteiger partial charge in [0.25, 0.3) is 0 Å². The summed E-state index contributed by atoms with van der Waals surface area (Å²) >= 11 is 0. The van der Waals surface area contributed by atoms with Gasteiger partial charge in [0.2, 0.25) is 0 Å². The molecule has 2 aliphatic carbocycles. The van der Waals surface area contributed by atoms with E-state index in [1.807, 2.05) is 0 Å². The number of aryl methyl sites for hydroxylation is 4. The van der Waals surface area contributed by atoms with Crippen LogP contribution in [0.15, 0.2) is 206 Å². The van der Waals surface area contributed by atoms with Crippen molar-refractivity contribution >= 4 is 55.7 Å². The van der Waals surface area contributed by atoms with Gasteiger partial charge in [-0.2, -0.15) is 0 Å². The van der Waals surface area contributed by atoms with Crippen LogP contribution < -0.4 is 9.80 Å². The van der Waals surface area contributed by atoms with Gasteiger partial charge in [0.1, 0.15) is 0 Å². The lowest BCUT2D eigenvalue weighted by molar-refractivity contribution is 0.809. The van der Waals surface area contributed by atoms with E-state index in [0.29, 0.717) is 0 Å². The van der Waals surface area contributed by atoms with E-state index in [1.54, 1.807) is 0 Å². The fourth-order valence-corrected chi connectivity index (χ4v) is 11.1. The molecule has 0 aliphatic heterocycles. The standard InChI is InChI=1S/C61H46N2/c1-39-33-40(2)35-50(34-39)63(46-17-9-6-10-18-46)49-28-32-52-44(38-49)25-30-56-55-29-24-43-37-48(62(45-15-7-5-8-16-45)47-26-23-41(3)42(4)36-47)27-31-51(43)59(55)61(60(52)56)57-21-13-11-19-53(57)54-20-12-14-22-58(54)61/h5-38H,1-4H3. The van der Waals surface area contributed by atoms with Gasteiger partial charge >= 0.3 is 0 Å². The normalized spacial score (nSPS) is 12.9. The van der Waals surface area contributed by atoms with Crippen LogP contribution in [0.4, 0.5) is 34.1 Å². The highest BCUT2D eigenvalue weighted by Crippen LogP contribution is 2.65. The maximum Gasteiger partial charge on any atom is 0.0737 e. The molecule has 0 atom stereocenters. The summed E-state index contributed by atoms with van der Waals surface area (Å²) in [4.78, 5) is 4.80. The maximum atomic E-state index is 2.40. The Hall–Kier alpha value is -7.68. The zero-order valence-electron chi connectivity index (χ0n) is 36.0. The lowest BCUT2D eigenvalue weighted by Gasteiger charge is -2.33. The van der Waals surface area contributed by atoms with Crippen molar-refractivity contribution < 1.29 is 0 Å². The molecule has 12 rings (SSSR count). The van der Waals surface area contributed by atoms with E-state index in [0.717, 1.165) is 34.1 Å². The Kier molecular flexibility index (Phi) is 8.36. The number of rotatable bonds is 6. The van der Waals surface area contributed by atoms with Crippen LogP contribution >= 0.6 is 0 Å². The molecule has 0 saturated heterocycles. The van der Waals surface area contributed by atoms with Crippen LogP contribution in [0.2, 0.25) is 0 Å². The lowest BCUT2D eigenvalue weighted by Crippen LogP contribution is -2.26. The Labute approximate surface area is 370 Å². The van der Waals surface area contributed by atoms with E-state index in [-0.39, 0.29) is 0 Å². The van der Waals surface area contributed by atoms with Gasteiger partial charge in [0, 0.05) is 34.1 Å². The van der Waals surface area contributed by atoms with Crippen molar-refractivity contribution in [3.63, 3.8) is 0 Å². The highest BCUT2D eigenvalue weighted by molar-refractivity contribution is 6.10. The molecule has 63 heavy (non-hydrogen) atoms. The molecular weight excluding hydrogens is 761 g/mol. The molecule has 0 amide bonds. The summed E-state index contributed by atoms with van der Waals surface area (Å²) < 4.78 is 0. The fraction of sp³-hybridized carbons (Fsp3) is 0.0820. The Balaban J connectivity index is 1.11. The molecule has 0 fully saturated rings. The molecule has 2 nitrogen and oxygen atoms in total. The number of hydrogen-bond acceptors (Lipinski definition) is 2. The van der Waals surface area contributed by atoms with E-state index >= 15 is 0 Å². The number of hydrogen-bond donors (Lipinski definition) is 0. The summed E-state index contributed by atoms with van der Waals surface area (Å²) in [5.41, 5.74) is 22.1. The topological polar surface area (TPSA) is 6.48 Å². The summed E-state index contributed by atoms with van der Waals surface area (Å²) in [6.45, 7) is 8.76. The average molecular weight is 807 g/mol. The minimum atomic E-state index is -0.528. The van der Waals surface area contributed by atoms with Crippen molar-refractivity contribution in [3.05, 3.63) is 251 Å². The molecule has 0 aromatic heterocycles. The molecule has 2 aliphatic rings. The molecule has 0 N–H and O–H groups in total. The van der Waals surface area contributed by atoms with Crippen LogP contribution in [-0.2, 0) is 5.41 Å². The van der Waals surface area contributed by atoms with E-state index in [1.165, 1.54) is 88.3 Å². The van der Waals surface area contributed by atoms with Crippen LogP contribution in [-0.4, -0.2) is 0 Å². The third-order valence-electron chi connectivity index (χ3n) is 13.8. The van der Waals surface area contributed by atoms with Crippen LogP contribution in [0.25, 0.3) is 43.8 Å². The smallest absolute Gasteiger partial charge is 0.0737 e. The molecule has 0 radical (unpaired) electrons. The molecular formula is C61H46N2. The minimum absolute atomic E-state index is 0.528. The molecule has 300 valence electrons. The van der Waals surface area contributed by atoms with Crippen LogP contribution in [0, 0.1) is 27.7 Å². The minimum Gasteiger partial charge on any atom is -0.310 e. The van der Waals surface area contributed by atoms with Gasteiger partial charge in [-0.25, -0.2) is 0 Å². The quantitative estimate of drug-likeness (QED) is 0.165. The zero-order valence-corrected chi connectivity index (χ0v) is 36.0. The zero-order chi connectivity index (χ0) is 42.4. The van der Waals surface area contributed by atoms with Gasteiger partial charge in [0.15, 0.2) is 0 Å². The predicted octanol–water partition coefficient (Wildman–Crippen LogP) is 16.5. The van der Waals surface area contributed by atoms with Crippen LogP contribution in [0.5, 0.6) is 0 Å². The van der Waals surface area contributed by atoms with E-state index in [2.05, 4.69) is 244 Å². The second kappa shape index (κ2) is 14.2. The molecule has 2 heteroatoms. The van der Waals surface area contributed by atoms with Gasteiger partial charge in [-0.15, -0.1) is 0 Å². The Morgan fingerprint density at radius 3 is 1.25 bits per heavy atom. The highest BCUT2D eigenvalue weighted by Gasteiger charge is 2.53. The van der Waals surface area contributed by atoms with Gasteiger partial charge in [-0.05, 0) is 189 Å². The van der Waals surface area contributed by atoms with Gasteiger partial charge in [-0.3, -0.25) is 0 Å². The Morgan fingerprint density at radius 1 is 0.302 bits per heavy atom. The van der Waals surface area contributed by atoms with Crippen LogP contribution in [0.3, 0.4) is 0 Å². The maximum absolute atomic E-state index is 2.40. The lowest BCUT2D eigenvalue weighted by atomic mass is 9.68. The first-order valence-corrected chi connectivity index (χ1v) is 22.1. The van der Waals surface area contributed by atoms with E-state index < -0.39 is 5.41 Å². The van der Waals surface area contributed by atoms with Gasteiger partial charge < -0.3 is 9.80 Å². The average Bonchev–Trinajstić information content (AvgIpc) is 3.78. The first-order valence-electron chi connectivity index (χ1n) is 22.1. The monoisotopic (exact) mass is 806 g/mol. The van der Waals surface area contributed by atoms with Crippen LogP contribution in [0.1, 0.15) is 44.5 Å². The summed E-state index contributed by atoms with van der Waals surface area (Å²) in [7, 11) is 0. The van der Waals surface area contributed by atoms with Gasteiger partial charge in [0.05, 0.1) is 5.41 Å². The molecule has 0 bridgehead atoms. The molecule has 0 heterocycles. The Morgan fingerprint density at radius 2 is 0.746 bits per heavy atom. The number of para-hydroxylation sites is 2. The van der Waals surface area contributed by atoms with Crippen molar-refractivity contribution in [2.24, 2.45) is 0 Å². The molecule has 10 aromatic rings. The second-order valence-corrected chi connectivity index (χ2v) is 17.6. The molecule has 10 aromatic carbocycles. The number of anilines is 6. The first-order chi connectivity index (χ1) is 30.9. The molecule has 0 saturated carbocycles. The van der Waals surface area contributed by atoms with Crippen molar-refractivity contribution in [1.82, 2.24) is 0 Å². The largest absolute Gasteiger partial charge is 0.310 e. The second-order valence-electron chi connectivity index (χ2n) is 17.6. The first kappa shape index (κ1) is 37.1. The van der Waals surface area contributed by atoms with E-state index in [9.17, 15) is 0 Å². The molecule has 0 unspecified atom stereocenters. The summed E-state index contributed by atoms with van der Waals surface area (Å²) in [6.07, 6.45) is 0. The fourth-order valence-electron chi connectivity index (χ4n) is 11.1. The van der Waals surface area contributed by atoms with Crippen molar-refractivity contribution in [2.75, 3.05) is 9.80 Å². The van der Waals surface area contributed by atoms with E-state index in [4.69, 9.17) is 0 Å². The molecule has 1 spiro atoms. The number of nitrogens with zero attached hydrogens (tertiary/aromatic N) is 2. The van der Waals surface area contributed by atoms with Crippen molar-refractivity contribution in [2.45, 2.75) is 33.1 Å². The predicted molar refractivity (Wildman–Crippen MR) is 266 cm³/mol.